The molecule has 0 fully saturated rings. The first-order valence-corrected chi connectivity index (χ1v) is 9.00. The molecule has 3 rings (SSSR count). The quantitative estimate of drug-likeness (QED) is 0.651. The molecule has 0 bridgehead atoms. The van der Waals surface area contributed by atoms with Gasteiger partial charge < -0.3 is 5.32 Å². The van der Waals surface area contributed by atoms with Gasteiger partial charge in [-0.15, -0.1) is 0 Å². The Labute approximate surface area is 165 Å². The van der Waals surface area contributed by atoms with E-state index in [0.29, 0.717) is 34.0 Å². The van der Waals surface area contributed by atoms with Crippen molar-refractivity contribution in [2.75, 3.05) is 5.32 Å². The molecule has 0 saturated carbocycles. The number of hydrogen-bond donors (Lipinski definition) is 1. The molecule has 0 spiro atoms. The summed E-state index contributed by atoms with van der Waals surface area (Å²) in [6, 6.07) is 5.35. The minimum Gasteiger partial charge on any atom is -0.308 e. The van der Waals surface area contributed by atoms with Crippen molar-refractivity contribution in [2.45, 2.75) is 26.4 Å². The second-order valence-electron chi connectivity index (χ2n) is 5.85. The van der Waals surface area contributed by atoms with Crippen LogP contribution in [0.25, 0.3) is 0 Å². The highest BCUT2D eigenvalue weighted by Crippen LogP contribution is 2.24. The molecule has 0 aliphatic carbocycles. The highest BCUT2D eigenvalue weighted by Gasteiger charge is 2.12. The maximum Gasteiger partial charge on any atom is 0.227 e. The van der Waals surface area contributed by atoms with Gasteiger partial charge in [0.25, 0.3) is 0 Å². The molecular formula is C17H16Cl3N5O. The number of nitrogens with zero attached hydrogens (tertiary/aromatic N) is 4. The van der Waals surface area contributed by atoms with Gasteiger partial charge >= 0.3 is 0 Å². The first kappa shape index (κ1) is 18.8. The summed E-state index contributed by atoms with van der Waals surface area (Å²) in [6.45, 7) is 2.89. The van der Waals surface area contributed by atoms with Crippen LogP contribution in [0.3, 0.4) is 0 Å². The largest absolute Gasteiger partial charge is 0.308 e. The maximum absolute atomic E-state index is 12.1. The van der Waals surface area contributed by atoms with Crippen molar-refractivity contribution in [3.8, 4) is 0 Å². The number of nitrogens with one attached hydrogen (secondary N) is 1. The monoisotopic (exact) mass is 411 g/mol. The Bertz CT molecular complexity index is 934. The lowest BCUT2D eigenvalue weighted by atomic mass is 10.2. The van der Waals surface area contributed by atoms with Gasteiger partial charge in [-0.1, -0.05) is 40.9 Å². The van der Waals surface area contributed by atoms with E-state index in [-0.39, 0.29) is 12.3 Å². The van der Waals surface area contributed by atoms with E-state index in [4.69, 9.17) is 34.8 Å². The fourth-order valence-electron chi connectivity index (χ4n) is 2.39. The van der Waals surface area contributed by atoms with Crippen LogP contribution in [0.1, 0.15) is 17.5 Å². The number of halogens is 3. The zero-order valence-corrected chi connectivity index (χ0v) is 16.2. The van der Waals surface area contributed by atoms with Gasteiger partial charge in [0.05, 0.1) is 22.8 Å². The van der Waals surface area contributed by atoms with Crippen molar-refractivity contribution >= 4 is 46.5 Å². The number of amides is 1. The van der Waals surface area contributed by atoms with Gasteiger partial charge in [-0.3, -0.25) is 14.2 Å². The third-order valence-corrected chi connectivity index (χ3v) is 4.65. The standard InChI is InChI=1S/C17H16Cl3N5O/c1-11-7-21-24(8-11)5-4-16(26)22-17-15(20)10-25(23-17)9-12-2-3-13(18)14(19)6-12/h2-3,6-8,10H,4-5,9H2,1H3,(H,22,23,26). The number of aryl methyl sites for hydroxylation is 2. The molecule has 9 heteroatoms. The van der Waals surface area contributed by atoms with Crippen LogP contribution in [0.4, 0.5) is 5.82 Å². The van der Waals surface area contributed by atoms with Gasteiger partial charge in [0.15, 0.2) is 5.82 Å². The Balaban J connectivity index is 1.60. The molecule has 26 heavy (non-hydrogen) atoms. The van der Waals surface area contributed by atoms with Crippen molar-refractivity contribution in [2.24, 2.45) is 0 Å². The van der Waals surface area contributed by atoms with Crippen LogP contribution in [-0.4, -0.2) is 25.5 Å². The van der Waals surface area contributed by atoms with E-state index in [1.807, 2.05) is 19.2 Å². The fraction of sp³-hybridized carbons (Fsp3) is 0.235. The Morgan fingerprint density at radius 2 is 1.92 bits per heavy atom. The highest BCUT2D eigenvalue weighted by molar-refractivity contribution is 6.42. The lowest BCUT2D eigenvalue weighted by molar-refractivity contribution is -0.116. The average Bonchev–Trinajstić information content (AvgIpc) is 3.15. The third-order valence-electron chi connectivity index (χ3n) is 3.63. The summed E-state index contributed by atoms with van der Waals surface area (Å²) in [7, 11) is 0. The molecule has 1 amide bonds. The predicted molar refractivity (Wildman–Crippen MR) is 103 cm³/mol. The minimum atomic E-state index is -0.181. The van der Waals surface area contributed by atoms with Crippen LogP contribution >= 0.6 is 34.8 Å². The number of anilines is 1. The fourth-order valence-corrected chi connectivity index (χ4v) is 2.91. The van der Waals surface area contributed by atoms with Crippen LogP contribution in [0.15, 0.2) is 36.8 Å². The minimum absolute atomic E-state index is 0.181. The van der Waals surface area contributed by atoms with Crippen LogP contribution in [0.5, 0.6) is 0 Å². The molecule has 0 aliphatic rings. The van der Waals surface area contributed by atoms with Crippen LogP contribution in [0, 0.1) is 6.92 Å². The zero-order chi connectivity index (χ0) is 18.7. The first-order chi connectivity index (χ1) is 12.4. The molecule has 2 heterocycles. The number of rotatable bonds is 6. The molecule has 0 aliphatic heterocycles. The van der Waals surface area contributed by atoms with E-state index in [1.165, 1.54) is 0 Å². The van der Waals surface area contributed by atoms with Gasteiger partial charge in [-0.05, 0) is 30.2 Å². The number of carbonyl (C=O) groups is 1. The van der Waals surface area contributed by atoms with E-state index in [9.17, 15) is 4.79 Å². The van der Waals surface area contributed by atoms with E-state index in [0.717, 1.165) is 11.1 Å². The molecule has 0 atom stereocenters. The van der Waals surface area contributed by atoms with Gasteiger partial charge in [0.2, 0.25) is 5.91 Å². The van der Waals surface area contributed by atoms with Gasteiger partial charge in [-0.2, -0.15) is 10.2 Å². The lowest BCUT2D eigenvalue weighted by Gasteiger charge is -2.04. The second-order valence-corrected chi connectivity index (χ2v) is 7.07. The van der Waals surface area contributed by atoms with E-state index in [2.05, 4.69) is 15.5 Å². The van der Waals surface area contributed by atoms with E-state index in [1.54, 1.807) is 33.9 Å². The average molecular weight is 413 g/mol. The zero-order valence-electron chi connectivity index (χ0n) is 13.9. The summed E-state index contributed by atoms with van der Waals surface area (Å²) >= 11 is 18.1. The van der Waals surface area contributed by atoms with Gasteiger partial charge in [0.1, 0.15) is 5.02 Å². The summed E-state index contributed by atoms with van der Waals surface area (Å²) < 4.78 is 3.35. The molecule has 2 aromatic heterocycles. The third kappa shape index (κ3) is 4.78. The predicted octanol–water partition coefficient (Wildman–Crippen LogP) is 4.43. The molecule has 6 nitrogen and oxygen atoms in total. The number of carbonyl (C=O) groups excluding carboxylic acids is 1. The molecule has 0 unspecified atom stereocenters. The van der Waals surface area contributed by atoms with Crippen LogP contribution < -0.4 is 5.32 Å². The van der Waals surface area contributed by atoms with Crippen molar-refractivity contribution in [3.63, 3.8) is 0 Å². The Kier molecular flexibility index (Phi) is 5.86. The SMILES string of the molecule is Cc1cnn(CCC(=O)Nc2nn(Cc3ccc(Cl)c(Cl)c3)cc2Cl)c1. The van der Waals surface area contributed by atoms with Gasteiger partial charge in [0, 0.05) is 25.4 Å². The molecule has 1 aromatic carbocycles. The van der Waals surface area contributed by atoms with Crippen LogP contribution in [0.2, 0.25) is 15.1 Å². The maximum atomic E-state index is 12.1. The van der Waals surface area contributed by atoms with E-state index >= 15 is 0 Å². The number of benzene rings is 1. The summed E-state index contributed by atoms with van der Waals surface area (Å²) in [4.78, 5) is 12.1. The van der Waals surface area contributed by atoms with Crippen molar-refractivity contribution in [1.29, 1.82) is 0 Å². The number of hydrogen-bond acceptors (Lipinski definition) is 3. The van der Waals surface area contributed by atoms with Crippen molar-refractivity contribution in [1.82, 2.24) is 19.6 Å². The molecular weight excluding hydrogens is 397 g/mol. The summed E-state index contributed by atoms with van der Waals surface area (Å²) in [5.74, 6) is 0.146. The molecule has 3 aromatic rings. The molecule has 136 valence electrons. The molecule has 0 radical (unpaired) electrons. The molecule has 0 saturated heterocycles. The summed E-state index contributed by atoms with van der Waals surface area (Å²) in [5, 5.41) is 12.5. The Morgan fingerprint density at radius 1 is 1.12 bits per heavy atom. The Morgan fingerprint density at radius 3 is 2.62 bits per heavy atom. The van der Waals surface area contributed by atoms with Gasteiger partial charge in [-0.25, -0.2) is 0 Å². The second kappa shape index (κ2) is 8.12. The topological polar surface area (TPSA) is 64.7 Å². The first-order valence-electron chi connectivity index (χ1n) is 7.86. The summed E-state index contributed by atoms with van der Waals surface area (Å²) in [6.07, 6.45) is 5.55. The summed E-state index contributed by atoms with van der Waals surface area (Å²) in [5.41, 5.74) is 1.97. The highest BCUT2D eigenvalue weighted by atomic mass is 35.5. The van der Waals surface area contributed by atoms with Crippen molar-refractivity contribution < 1.29 is 4.79 Å². The van der Waals surface area contributed by atoms with Crippen LogP contribution in [-0.2, 0) is 17.9 Å². The smallest absolute Gasteiger partial charge is 0.227 e. The normalized spacial score (nSPS) is 10.9. The Hall–Kier alpha value is -2.02. The molecule has 1 N–H and O–H groups in total. The van der Waals surface area contributed by atoms with Crippen molar-refractivity contribution in [3.05, 3.63) is 63.0 Å². The number of aromatic nitrogens is 4. The van der Waals surface area contributed by atoms with E-state index < -0.39 is 0 Å². The lowest BCUT2D eigenvalue weighted by Crippen LogP contribution is -2.15.